The van der Waals surface area contributed by atoms with Crippen LogP contribution in [-0.2, 0) is 0 Å². The van der Waals surface area contributed by atoms with E-state index in [-0.39, 0.29) is 16.5 Å². The molecule has 7 heteroatoms. The first-order valence-electron chi connectivity index (χ1n) is 9.28. The molecule has 5 nitrogen and oxygen atoms in total. The number of H-pyrrole nitrogens is 2. The number of nitrogens with zero attached hydrogens (tertiary/aromatic N) is 1. The molecule has 0 aliphatic rings. The average Bonchev–Trinajstić information content (AvgIpc) is 3.33. The third-order valence-electron chi connectivity index (χ3n) is 5.41. The van der Waals surface area contributed by atoms with Gasteiger partial charge in [-0.2, -0.15) is 0 Å². The van der Waals surface area contributed by atoms with Gasteiger partial charge < -0.3 is 9.97 Å². The first-order valence-corrected chi connectivity index (χ1v) is 10.0. The summed E-state index contributed by atoms with van der Waals surface area (Å²) in [4.78, 5) is 17.3. The fourth-order valence-corrected chi connectivity index (χ4v) is 4.38. The Morgan fingerprint density at radius 2 is 1.27 bits per heavy atom. The van der Waals surface area contributed by atoms with Crippen LogP contribution >= 0.6 is 23.2 Å². The van der Waals surface area contributed by atoms with Gasteiger partial charge in [0, 0.05) is 62.3 Å². The fraction of sp³-hybridized carbons (Fsp3) is 0.0435. The number of nitro groups is 1. The zero-order valence-electron chi connectivity index (χ0n) is 15.5. The van der Waals surface area contributed by atoms with E-state index in [1.807, 2.05) is 60.9 Å². The molecule has 0 amide bonds. The summed E-state index contributed by atoms with van der Waals surface area (Å²) < 4.78 is 0. The minimum Gasteiger partial charge on any atom is -0.361 e. The van der Waals surface area contributed by atoms with E-state index in [0.717, 1.165) is 38.5 Å². The van der Waals surface area contributed by atoms with Crippen molar-refractivity contribution in [1.29, 1.82) is 0 Å². The Morgan fingerprint density at radius 1 is 0.767 bits per heavy atom. The molecule has 0 spiro atoms. The molecule has 0 radical (unpaired) electrons. The number of aromatic nitrogens is 2. The van der Waals surface area contributed by atoms with Crippen molar-refractivity contribution in [3.05, 3.63) is 110 Å². The highest BCUT2D eigenvalue weighted by molar-refractivity contribution is 6.31. The van der Waals surface area contributed by atoms with Crippen molar-refractivity contribution in [2.45, 2.75) is 5.92 Å². The molecule has 30 heavy (non-hydrogen) atoms. The van der Waals surface area contributed by atoms with Crippen LogP contribution in [-0.4, -0.2) is 14.9 Å². The first kappa shape index (κ1) is 18.7. The standard InChI is InChI=1S/C23H15Cl2N3O2/c24-14-3-7-17-19(11-26-21(17)9-14)23(13-1-5-16(6-2-13)28(29)30)20-12-27-22-10-15(25)4-8-18(20)22/h1-12,23,26-27H. The Hall–Kier alpha value is -3.28. The number of aromatic amines is 2. The van der Waals surface area contributed by atoms with E-state index in [9.17, 15) is 10.1 Å². The summed E-state index contributed by atoms with van der Waals surface area (Å²) in [5.41, 5.74) is 5.01. The van der Waals surface area contributed by atoms with Gasteiger partial charge in [0.2, 0.25) is 0 Å². The van der Waals surface area contributed by atoms with Crippen LogP contribution < -0.4 is 0 Å². The number of hydrogen-bond acceptors (Lipinski definition) is 2. The van der Waals surface area contributed by atoms with Gasteiger partial charge in [-0.3, -0.25) is 10.1 Å². The molecule has 0 aliphatic carbocycles. The SMILES string of the molecule is O=[N+]([O-])c1ccc(C(c2c[nH]c3cc(Cl)ccc23)c2c[nH]c3cc(Cl)ccc23)cc1. The highest BCUT2D eigenvalue weighted by Crippen LogP contribution is 2.40. The molecule has 2 heterocycles. The summed E-state index contributed by atoms with van der Waals surface area (Å²) in [6.07, 6.45) is 3.95. The maximum Gasteiger partial charge on any atom is 0.269 e. The van der Waals surface area contributed by atoms with Crippen molar-refractivity contribution < 1.29 is 4.92 Å². The van der Waals surface area contributed by atoms with Crippen LogP contribution in [0.2, 0.25) is 10.0 Å². The van der Waals surface area contributed by atoms with E-state index in [0.29, 0.717) is 10.0 Å². The van der Waals surface area contributed by atoms with Gasteiger partial charge in [-0.05, 0) is 41.0 Å². The summed E-state index contributed by atoms with van der Waals surface area (Å²) in [6.45, 7) is 0. The summed E-state index contributed by atoms with van der Waals surface area (Å²) in [5.74, 6) is -0.143. The second-order valence-electron chi connectivity index (χ2n) is 7.15. The Bertz CT molecular complexity index is 1320. The van der Waals surface area contributed by atoms with Gasteiger partial charge in [-0.25, -0.2) is 0 Å². The summed E-state index contributed by atoms with van der Waals surface area (Å²) in [6, 6.07) is 18.2. The number of nitrogens with one attached hydrogen (secondary N) is 2. The van der Waals surface area contributed by atoms with E-state index in [1.165, 1.54) is 0 Å². The van der Waals surface area contributed by atoms with Crippen molar-refractivity contribution in [3.63, 3.8) is 0 Å². The number of fused-ring (bicyclic) bond motifs is 2. The van der Waals surface area contributed by atoms with E-state index in [1.54, 1.807) is 12.1 Å². The normalized spacial score (nSPS) is 11.6. The maximum atomic E-state index is 11.1. The minimum absolute atomic E-state index is 0.0638. The Kier molecular flexibility index (Phi) is 4.50. The minimum atomic E-state index is -0.389. The molecule has 2 N–H and O–H groups in total. The maximum absolute atomic E-state index is 11.1. The molecule has 0 aliphatic heterocycles. The molecule has 148 valence electrons. The van der Waals surface area contributed by atoms with Gasteiger partial charge in [0.05, 0.1) is 4.92 Å². The molecule has 0 saturated carbocycles. The average molecular weight is 436 g/mol. The Balaban J connectivity index is 1.75. The van der Waals surface area contributed by atoms with E-state index >= 15 is 0 Å². The number of nitro benzene ring substituents is 1. The molecule has 5 rings (SSSR count). The Labute approximate surface area is 181 Å². The predicted molar refractivity (Wildman–Crippen MR) is 121 cm³/mol. The topological polar surface area (TPSA) is 74.7 Å². The monoisotopic (exact) mass is 435 g/mol. The van der Waals surface area contributed by atoms with Crippen LogP contribution in [0.4, 0.5) is 5.69 Å². The summed E-state index contributed by atoms with van der Waals surface area (Å²) in [5, 5.41) is 14.5. The number of halogens is 2. The molecule has 2 aromatic heterocycles. The lowest BCUT2D eigenvalue weighted by atomic mass is 9.84. The molecule has 0 bridgehead atoms. The van der Waals surface area contributed by atoms with Crippen LogP contribution in [0.25, 0.3) is 21.8 Å². The molecule has 0 unspecified atom stereocenters. The van der Waals surface area contributed by atoms with Crippen molar-refractivity contribution in [2.75, 3.05) is 0 Å². The van der Waals surface area contributed by atoms with E-state index in [4.69, 9.17) is 23.2 Å². The molecule has 0 fully saturated rings. The van der Waals surface area contributed by atoms with Gasteiger partial charge in [0.1, 0.15) is 0 Å². The van der Waals surface area contributed by atoms with Crippen molar-refractivity contribution in [3.8, 4) is 0 Å². The van der Waals surface area contributed by atoms with E-state index < -0.39 is 0 Å². The fourth-order valence-electron chi connectivity index (χ4n) is 4.03. The van der Waals surface area contributed by atoms with Crippen LogP contribution in [0.3, 0.4) is 0 Å². The quantitative estimate of drug-likeness (QED) is 0.234. The molecule has 0 atom stereocenters. The van der Waals surface area contributed by atoms with Crippen molar-refractivity contribution in [2.24, 2.45) is 0 Å². The number of benzene rings is 3. The highest BCUT2D eigenvalue weighted by atomic mass is 35.5. The van der Waals surface area contributed by atoms with Gasteiger partial charge in [-0.15, -0.1) is 0 Å². The zero-order valence-corrected chi connectivity index (χ0v) is 17.0. The van der Waals surface area contributed by atoms with Crippen LogP contribution in [0, 0.1) is 10.1 Å². The van der Waals surface area contributed by atoms with Gasteiger partial charge in [0.25, 0.3) is 5.69 Å². The van der Waals surface area contributed by atoms with Crippen molar-refractivity contribution >= 4 is 50.7 Å². The zero-order chi connectivity index (χ0) is 20.8. The number of non-ortho nitro benzene ring substituents is 1. The molecule has 3 aromatic carbocycles. The summed E-state index contributed by atoms with van der Waals surface area (Å²) in [7, 11) is 0. The number of hydrogen-bond donors (Lipinski definition) is 2. The lowest BCUT2D eigenvalue weighted by Gasteiger charge is -2.17. The third kappa shape index (κ3) is 3.12. The van der Waals surface area contributed by atoms with Crippen molar-refractivity contribution in [1.82, 2.24) is 9.97 Å². The van der Waals surface area contributed by atoms with Crippen LogP contribution in [0.15, 0.2) is 73.1 Å². The lowest BCUT2D eigenvalue weighted by Crippen LogP contribution is -2.02. The Morgan fingerprint density at radius 3 is 1.73 bits per heavy atom. The van der Waals surface area contributed by atoms with Gasteiger partial charge in [-0.1, -0.05) is 47.5 Å². The van der Waals surface area contributed by atoms with E-state index in [2.05, 4.69) is 9.97 Å². The molecule has 0 saturated heterocycles. The second-order valence-corrected chi connectivity index (χ2v) is 8.02. The highest BCUT2D eigenvalue weighted by Gasteiger charge is 2.24. The molecular formula is C23H15Cl2N3O2. The lowest BCUT2D eigenvalue weighted by molar-refractivity contribution is -0.384. The second kappa shape index (κ2) is 7.20. The smallest absolute Gasteiger partial charge is 0.269 e. The van der Waals surface area contributed by atoms with Crippen LogP contribution in [0.1, 0.15) is 22.6 Å². The molecule has 5 aromatic rings. The van der Waals surface area contributed by atoms with Gasteiger partial charge in [0.15, 0.2) is 0 Å². The van der Waals surface area contributed by atoms with Gasteiger partial charge >= 0.3 is 0 Å². The largest absolute Gasteiger partial charge is 0.361 e. The number of rotatable bonds is 4. The summed E-state index contributed by atoms with van der Waals surface area (Å²) >= 11 is 12.3. The molecular weight excluding hydrogens is 421 g/mol. The van der Waals surface area contributed by atoms with Crippen LogP contribution in [0.5, 0.6) is 0 Å². The first-order chi connectivity index (χ1) is 14.5. The predicted octanol–water partition coefficient (Wildman–Crippen LogP) is 7.04. The third-order valence-corrected chi connectivity index (χ3v) is 5.88.